The summed E-state index contributed by atoms with van der Waals surface area (Å²) in [6.45, 7) is 12.8. The van der Waals surface area contributed by atoms with Gasteiger partial charge in [0.25, 0.3) is 0 Å². The molecule has 0 atom stereocenters. The maximum atomic E-state index is 2.16. The summed E-state index contributed by atoms with van der Waals surface area (Å²) in [6.07, 6.45) is 0. The van der Waals surface area contributed by atoms with Crippen LogP contribution in [0.3, 0.4) is 0 Å². The SMILES string of the molecule is C.Cc1ccsc1C.Cc1ccsc1C.Cc1cscc1C. The van der Waals surface area contributed by atoms with E-state index in [4.69, 9.17) is 0 Å². The number of hydrogen-bond donors (Lipinski definition) is 0. The van der Waals surface area contributed by atoms with Gasteiger partial charge in [-0.3, -0.25) is 0 Å². The van der Waals surface area contributed by atoms with Gasteiger partial charge in [-0.2, -0.15) is 11.3 Å². The van der Waals surface area contributed by atoms with Crippen LogP contribution in [0.4, 0.5) is 0 Å². The van der Waals surface area contributed by atoms with Crippen LogP contribution in [-0.4, -0.2) is 0 Å². The van der Waals surface area contributed by atoms with Crippen LogP contribution in [0, 0.1) is 41.5 Å². The van der Waals surface area contributed by atoms with Crippen molar-refractivity contribution in [3.63, 3.8) is 0 Å². The van der Waals surface area contributed by atoms with Gasteiger partial charge in [0.05, 0.1) is 0 Å². The number of hydrogen-bond acceptors (Lipinski definition) is 3. The molecule has 0 aliphatic rings. The Kier molecular flexibility index (Phi) is 10.3. The molecule has 0 amide bonds. The molecule has 22 heavy (non-hydrogen) atoms. The normalized spacial score (nSPS) is 9.00. The lowest BCUT2D eigenvalue weighted by Gasteiger charge is -1.79. The molecule has 0 saturated heterocycles. The highest BCUT2D eigenvalue weighted by atomic mass is 32.1. The third-order valence-corrected chi connectivity index (χ3v) is 6.22. The van der Waals surface area contributed by atoms with Gasteiger partial charge in [0.15, 0.2) is 0 Å². The summed E-state index contributed by atoms with van der Waals surface area (Å²) in [5.41, 5.74) is 5.63. The molecule has 3 rings (SSSR count). The average molecular weight is 353 g/mol. The molecule has 0 nitrogen and oxygen atoms in total. The van der Waals surface area contributed by atoms with E-state index in [-0.39, 0.29) is 7.43 Å². The molecule has 0 saturated carbocycles. The zero-order valence-corrected chi connectivity index (χ0v) is 16.1. The first-order valence-corrected chi connectivity index (χ1v) is 9.62. The second-order valence-electron chi connectivity index (χ2n) is 5.06. The van der Waals surface area contributed by atoms with E-state index in [1.165, 1.54) is 32.0 Å². The third kappa shape index (κ3) is 7.39. The Morgan fingerprint density at radius 1 is 0.591 bits per heavy atom. The number of aryl methyl sites for hydroxylation is 6. The Morgan fingerprint density at radius 3 is 1.05 bits per heavy atom. The van der Waals surface area contributed by atoms with E-state index < -0.39 is 0 Å². The second kappa shape index (κ2) is 10.8. The molecule has 0 unspecified atom stereocenters. The highest BCUT2D eigenvalue weighted by Crippen LogP contribution is 2.13. The van der Waals surface area contributed by atoms with Gasteiger partial charge in [0.2, 0.25) is 0 Å². The molecule has 0 aliphatic carbocycles. The molecule has 122 valence electrons. The molecule has 0 N–H and O–H groups in total. The minimum Gasteiger partial charge on any atom is -0.152 e. The first-order valence-electron chi connectivity index (χ1n) is 6.92. The van der Waals surface area contributed by atoms with Crippen molar-refractivity contribution >= 4 is 34.0 Å². The lowest BCUT2D eigenvalue weighted by atomic mass is 10.2. The van der Waals surface area contributed by atoms with Crippen molar-refractivity contribution in [2.24, 2.45) is 0 Å². The fourth-order valence-corrected chi connectivity index (χ4v) is 3.63. The van der Waals surface area contributed by atoms with Crippen molar-refractivity contribution in [1.29, 1.82) is 0 Å². The molecule has 3 heterocycles. The van der Waals surface area contributed by atoms with Crippen LogP contribution < -0.4 is 0 Å². The van der Waals surface area contributed by atoms with Crippen LogP contribution >= 0.6 is 34.0 Å². The zero-order chi connectivity index (χ0) is 15.8. The molecule has 0 spiro atoms. The van der Waals surface area contributed by atoms with Gasteiger partial charge in [0.1, 0.15) is 0 Å². The van der Waals surface area contributed by atoms with Crippen molar-refractivity contribution in [2.75, 3.05) is 0 Å². The maximum Gasteiger partial charge on any atom is 0.00433 e. The standard InChI is InChI=1S/3C6H8S.CH4/c1-5-3-7-4-6(5)2;2*1-5-3-4-7-6(5)2;/h3*3-4H,1-2H3;1H4. The summed E-state index contributed by atoms with van der Waals surface area (Å²) in [6, 6.07) is 4.28. The minimum absolute atomic E-state index is 0. The average Bonchev–Trinajstić information content (AvgIpc) is 3.11. The smallest absolute Gasteiger partial charge is 0.00433 e. The lowest BCUT2D eigenvalue weighted by Crippen LogP contribution is -1.63. The summed E-state index contributed by atoms with van der Waals surface area (Å²) >= 11 is 5.37. The minimum atomic E-state index is 0. The van der Waals surface area contributed by atoms with Gasteiger partial charge in [-0.1, -0.05) is 7.43 Å². The van der Waals surface area contributed by atoms with Crippen LogP contribution in [0.25, 0.3) is 0 Å². The van der Waals surface area contributed by atoms with E-state index in [1.54, 1.807) is 34.0 Å². The topological polar surface area (TPSA) is 0 Å². The van der Waals surface area contributed by atoms with E-state index in [0.29, 0.717) is 0 Å². The van der Waals surface area contributed by atoms with Crippen LogP contribution in [0.15, 0.2) is 33.7 Å². The zero-order valence-electron chi connectivity index (χ0n) is 13.7. The first kappa shape index (κ1) is 21.1. The van der Waals surface area contributed by atoms with Crippen LogP contribution in [0.2, 0.25) is 0 Å². The Labute approximate surface area is 148 Å². The lowest BCUT2D eigenvalue weighted by molar-refractivity contribution is 1.41. The number of rotatable bonds is 0. The molecule has 0 bridgehead atoms. The van der Waals surface area contributed by atoms with Gasteiger partial charge in [-0.15, -0.1) is 22.7 Å². The Balaban J connectivity index is 0.000000294. The van der Waals surface area contributed by atoms with Gasteiger partial charge >= 0.3 is 0 Å². The van der Waals surface area contributed by atoms with Gasteiger partial charge in [-0.05, 0) is 97.4 Å². The predicted octanol–water partition coefficient (Wildman–Crippen LogP) is 7.73. The van der Waals surface area contributed by atoms with Gasteiger partial charge in [0, 0.05) is 9.75 Å². The van der Waals surface area contributed by atoms with Crippen LogP contribution in [0.5, 0.6) is 0 Å². The fraction of sp³-hybridized carbons (Fsp3) is 0.368. The van der Waals surface area contributed by atoms with E-state index in [2.05, 4.69) is 75.2 Å². The Hall–Kier alpha value is -0.900. The quantitative estimate of drug-likeness (QED) is 0.388. The largest absolute Gasteiger partial charge is 0.152 e. The molecule has 3 aromatic rings. The second-order valence-corrected chi connectivity index (χ2v) is 8.04. The van der Waals surface area contributed by atoms with Crippen LogP contribution in [-0.2, 0) is 0 Å². The van der Waals surface area contributed by atoms with E-state index >= 15 is 0 Å². The Bertz CT molecular complexity index is 501. The monoisotopic (exact) mass is 352 g/mol. The fourth-order valence-electron chi connectivity index (χ4n) is 1.32. The molecular weight excluding hydrogens is 324 g/mol. The van der Waals surface area contributed by atoms with Crippen molar-refractivity contribution in [2.45, 2.75) is 49.0 Å². The highest BCUT2D eigenvalue weighted by Gasteiger charge is 1.88. The molecule has 3 heteroatoms. The molecule has 3 aromatic heterocycles. The molecular formula is C19H28S3. The summed E-state index contributed by atoms with van der Waals surface area (Å²) < 4.78 is 0. The maximum absolute atomic E-state index is 2.16. The van der Waals surface area contributed by atoms with Crippen molar-refractivity contribution in [3.05, 3.63) is 65.7 Å². The highest BCUT2D eigenvalue weighted by molar-refractivity contribution is 7.10. The van der Waals surface area contributed by atoms with Crippen molar-refractivity contribution < 1.29 is 0 Å². The van der Waals surface area contributed by atoms with Crippen LogP contribution in [0.1, 0.15) is 39.4 Å². The van der Waals surface area contributed by atoms with Crippen molar-refractivity contribution in [3.8, 4) is 0 Å². The summed E-state index contributed by atoms with van der Waals surface area (Å²) in [4.78, 5) is 2.86. The molecule has 0 aromatic carbocycles. The van der Waals surface area contributed by atoms with E-state index in [9.17, 15) is 0 Å². The summed E-state index contributed by atoms with van der Waals surface area (Å²) in [5, 5.41) is 8.56. The van der Waals surface area contributed by atoms with Gasteiger partial charge < -0.3 is 0 Å². The van der Waals surface area contributed by atoms with E-state index in [0.717, 1.165) is 0 Å². The summed E-state index contributed by atoms with van der Waals surface area (Å²) in [5.74, 6) is 0. The third-order valence-electron chi connectivity index (χ3n) is 3.35. The number of thiophene rings is 3. The molecule has 0 aliphatic heterocycles. The first-order chi connectivity index (χ1) is 9.91. The van der Waals surface area contributed by atoms with Crippen molar-refractivity contribution in [1.82, 2.24) is 0 Å². The van der Waals surface area contributed by atoms with E-state index in [1.807, 2.05) is 0 Å². The predicted molar refractivity (Wildman–Crippen MR) is 108 cm³/mol. The Morgan fingerprint density at radius 2 is 0.955 bits per heavy atom. The molecule has 0 fully saturated rings. The summed E-state index contributed by atoms with van der Waals surface area (Å²) in [7, 11) is 0. The molecule has 0 radical (unpaired) electrons. The van der Waals surface area contributed by atoms with Gasteiger partial charge in [-0.25, -0.2) is 0 Å².